The van der Waals surface area contributed by atoms with Crippen molar-refractivity contribution in [3.05, 3.63) is 64.4 Å². The average molecular weight is 472 g/mol. The Morgan fingerprint density at radius 2 is 1.88 bits per heavy atom. The van der Waals surface area contributed by atoms with Gasteiger partial charge in [0.15, 0.2) is 12.4 Å². The van der Waals surface area contributed by atoms with Crippen LogP contribution in [0.15, 0.2) is 42.5 Å². The van der Waals surface area contributed by atoms with Crippen LogP contribution in [0.5, 0.6) is 5.75 Å². The van der Waals surface area contributed by atoms with Crippen molar-refractivity contribution in [3.8, 4) is 11.8 Å². The number of benzene rings is 2. The van der Waals surface area contributed by atoms with Crippen LogP contribution in [-0.4, -0.2) is 53.3 Å². The Hall–Kier alpha value is -2.95. The molecule has 0 spiro atoms. The average Bonchev–Trinajstić information content (AvgIpc) is 2.80. The molecule has 0 N–H and O–H groups in total. The number of hydrogen-bond acceptors (Lipinski definition) is 5. The molecule has 6 nitrogen and oxygen atoms in total. The van der Waals surface area contributed by atoms with Crippen LogP contribution in [0.1, 0.15) is 42.6 Å². The van der Waals surface area contributed by atoms with E-state index in [1.807, 2.05) is 13.0 Å². The van der Waals surface area contributed by atoms with Gasteiger partial charge in [-0.2, -0.15) is 5.26 Å². The predicted octanol–water partition coefficient (Wildman–Crippen LogP) is 4.47. The van der Waals surface area contributed by atoms with Gasteiger partial charge < -0.3 is 9.64 Å². The summed E-state index contributed by atoms with van der Waals surface area (Å²) in [6.45, 7) is 5.75. The summed E-state index contributed by atoms with van der Waals surface area (Å²) in [5.74, 6) is -0.392. The standard InChI is InChI=1S/C25H27ClFN3O3/c1-17-14-30(18(2)13-29(17)15-19-5-8-21(27)9-6-19)25(32)16-33-24-10-7-20(26)12-22(24)23(31)4-3-11-28/h5-10,12,17-18H,3-4,13-16H2,1-2H3. The molecule has 8 heteroatoms. The highest BCUT2D eigenvalue weighted by Crippen LogP contribution is 2.25. The van der Waals surface area contributed by atoms with Crippen LogP contribution in [0.3, 0.4) is 0 Å². The van der Waals surface area contributed by atoms with Crippen LogP contribution in [0.2, 0.25) is 5.02 Å². The lowest BCUT2D eigenvalue weighted by Crippen LogP contribution is -2.58. The molecule has 3 rings (SSSR count). The monoisotopic (exact) mass is 471 g/mol. The molecular weight excluding hydrogens is 445 g/mol. The van der Waals surface area contributed by atoms with E-state index < -0.39 is 0 Å². The van der Waals surface area contributed by atoms with Crippen molar-refractivity contribution in [3.63, 3.8) is 0 Å². The molecule has 1 aliphatic heterocycles. The minimum atomic E-state index is -0.258. The highest BCUT2D eigenvalue weighted by Gasteiger charge is 2.32. The van der Waals surface area contributed by atoms with E-state index in [2.05, 4.69) is 11.8 Å². The number of nitrogens with zero attached hydrogens (tertiary/aromatic N) is 3. The smallest absolute Gasteiger partial charge is 0.260 e. The van der Waals surface area contributed by atoms with Crippen LogP contribution in [0.25, 0.3) is 0 Å². The molecule has 33 heavy (non-hydrogen) atoms. The van der Waals surface area contributed by atoms with Crippen molar-refractivity contribution >= 4 is 23.3 Å². The number of halogens is 2. The molecule has 174 valence electrons. The molecule has 0 radical (unpaired) electrons. The number of rotatable bonds is 8. The van der Waals surface area contributed by atoms with Crippen molar-refractivity contribution in [1.82, 2.24) is 9.80 Å². The van der Waals surface area contributed by atoms with E-state index in [-0.39, 0.29) is 60.4 Å². The Bertz CT molecular complexity index is 1040. The first-order valence-electron chi connectivity index (χ1n) is 10.9. The fourth-order valence-electron chi connectivity index (χ4n) is 3.96. The normalized spacial score (nSPS) is 18.6. The lowest BCUT2D eigenvalue weighted by atomic mass is 10.1. The molecule has 1 amide bonds. The molecule has 2 unspecified atom stereocenters. The number of hydrogen-bond donors (Lipinski definition) is 0. The lowest BCUT2D eigenvalue weighted by molar-refractivity contribution is -0.139. The van der Waals surface area contributed by atoms with E-state index in [1.165, 1.54) is 18.2 Å². The summed E-state index contributed by atoms with van der Waals surface area (Å²) in [6, 6.07) is 13.2. The van der Waals surface area contributed by atoms with Gasteiger partial charge in [-0.05, 0) is 49.7 Å². The van der Waals surface area contributed by atoms with Gasteiger partial charge in [-0.25, -0.2) is 4.39 Å². The predicted molar refractivity (Wildman–Crippen MR) is 124 cm³/mol. The van der Waals surface area contributed by atoms with E-state index in [4.69, 9.17) is 21.6 Å². The van der Waals surface area contributed by atoms with Gasteiger partial charge in [0.1, 0.15) is 11.6 Å². The van der Waals surface area contributed by atoms with E-state index >= 15 is 0 Å². The maximum absolute atomic E-state index is 13.2. The summed E-state index contributed by atoms with van der Waals surface area (Å²) in [7, 11) is 0. The van der Waals surface area contributed by atoms with Crippen LogP contribution in [0, 0.1) is 17.1 Å². The molecule has 0 aliphatic carbocycles. The third-order valence-electron chi connectivity index (χ3n) is 5.79. The van der Waals surface area contributed by atoms with Crippen LogP contribution < -0.4 is 4.74 Å². The second kappa shape index (κ2) is 11.3. The van der Waals surface area contributed by atoms with Crippen molar-refractivity contribution < 1.29 is 18.7 Å². The first-order chi connectivity index (χ1) is 15.8. The third kappa shape index (κ3) is 6.53. The zero-order valence-corrected chi connectivity index (χ0v) is 19.5. The lowest BCUT2D eigenvalue weighted by Gasteiger charge is -2.44. The summed E-state index contributed by atoms with van der Waals surface area (Å²) in [4.78, 5) is 29.4. The van der Waals surface area contributed by atoms with Crippen molar-refractivity contribution in [1.29, 1.82) is 5.26 Å². The third-order valence-corrected chi connectivity index (χ3v) is 6.03. The molecular formula is C25H27ClFN3O3. The van der Waals surface area contributed by atoms with Gasteiger partial charge in [0, 0.05) is 49.6 Å². The Morgan fingerprint density at radius 1 is 1.15 bits per heavy atom. The largest absolute Gasteiger partial charge is 0.483 e. The van der Waals surface area contributed by atoms with Crippen LogP contribution in [0.4, 0.5) is 4.39 Å². The minimum Gasteiger partial charge on any atom is -0.483 e. The number of carbonyl (C=O) groups is 2. The molecule has 2 aromatic rings. The topological polar surface area (TPSA) is 73.6 Å². The Balaban J connectivity index is 1.61. The molecule has 2 atom stereocenters. The summed E-state index contributed by atoms with van der Waals surface area (Å²) in [6.07, 6.45) is 0.160. The fourth-order valence-corrected chi connectivity index (χ4v) is 4.13. The van der Waals surface area contributed by atoms with E-state index in [0.29, 0.717) is 24.7 Å². The Morgan fingerprint density at radius 3 is 2.58 bits per heavy atom. The van der Waals surface area contributed by atoms with Crippen molar-refractivity contribution in [2.24, 2.45) is 0 Å². The molecule has 1 fully saturated rings. The number of amides is 1. The summed E-state index contributed by atoms with van der Waals surface area (Å²) in [5.41, 5.74) is 1.30. The van der Waals surface area contributed by atoms with Gasteiger partial charge in [-0.15, -0.1) is 0 Å². The van der Waals surface area contributed by atoms with Crippen molar-refractivity contribution in [2.45, 2.75) is 45.3 Å². The zero-order valence-electron chi connectivity index (χ0n) is 18.8. The summed E-state index contributed by atoms with van der Waals surface area (Å²) < 4.78 is 18.9. The second-order valence-electron chi connectivity index (χ2n) is 8.31. The van der Waals surface area contributed by atoms with Crippen LogP contribution in [-0.2, 0) is 11.3 Å². The van der Waals surface area contributed by atoms with Gasteiger partial charge in [0.05, 0.1) is 11.6 Å². The van der Waals surface area contributed by atoms with Gasteiger partial charge in [-0.3, -0.25) is 14.5 Å². The number of ether oxygens (including phenoxy) is 1. The molecule has 0 aromatic heterocycles. The summed E-state index contributed by atoms with van der Waals surface area (Å²) in [5, 5.41) is 9.12. The van der Waals surface area contributed by atoms with E-state index in [9.17, 15) is 14.0 Å². The zero-order chi connectivity index (χ0) is 24.0. The number of nitriles is 1. The highest BCUT2D eigenvalue weighted by molar-refractivity contribution is 6.31. The van der Waals surface area contributed by atoms with Gasteiger partial charge in [0.2, 0.25) is 0 Å². The summed E-state index contributed by atoms with van der Waals surface area (Å²) >= 11 is 6.02. The van der Waals surface area contributed by atoms with E-state index in [0.717, 1.165) is 5.56 Å². The van der Waals surface area contributed by atoms with E-state index in [1.54, 1.807) is 29.2 Å². The molecule has 1 aliphatic rings. The minimum absolute atomic E-state index is 0.0281. The number of Topliss-reactive ketones (excluding diaryl/α,β-unsaturated/α-hetero) is 1. The van der Waals surface area contributed by atoms with Crippen LogP contribution >= 0.6 is 11.6 Å². The molecule has 0 saturated carbocycles. The fraction of sp³-hybridized carbons (Fsp3) is 0.400. The molecule has 1 heterocycles. The maximum Gasteiger partial charge on any atom is 0.260 e. The number of carbonyl (C=O) groups excluding carboxylic acids is 2. The number of piperazine rings is 1. The quantitative estimate of drug-likeness (QED) is 0.531. The van der Waals surface area contributed by atoms with Gasteiger partial charge in [0.25, 0.3) is 5.91 Å². The number of ketones is 1. The molecule has 2 aromatic carbocycles. The first-order valence-corrected chi connectivity index (χ1v) is 11.3. The van der Waals surface area contributed by atoms with Gasteiger partial charge >= 0.3 is 0 Å². The maximum atomic E-state index is 13.2. The first kappa shape index (κ1) is 24.7. The highest BCUT2D eigenvalue weighted by atomic mass is 35.5. The SMILES string of the molecule is CC1CN(C(=O)COc2ccc(Cl)cc2C(=O)CCC#N)C(C)CN1Cc1ccc(F)cc1. The molecule has 0 bridgehead atoms. The van der Waals surface area contributed by atoms with Crippen molar-refractivity contribution in [2.75, 3.05) is 19.7 Å². The Kier molecular flexibility index (Phi) is 8.43. The second-order valence-corrected chi connectivity index (χ2v) is 8.75. The van der Waals surface area contributed by atoms with Gasteiger partial charge in [-0.1, -0.05) is 23.7 Å². The Labute approximate surface area is 198 Å². The molecule has 1 saturated heterocycles.